The Morgan fingerprint density at radius 3 is 1.70 bits per heavy atom. The van der Waals surface area contributed by atoms with E-state index in [0.717, 1.165) is 58.3 Å². The Morgan fingerprint density at radius 1 is 0.852 bits per heavy atom. The first kappa shape index (κ1) is 24.3. The first-order valence-electron chi connectivity index (χ1n) is 9.69. The number of piperidine rings is 1. The molecular weight excluding hydrogens is 395 g/mol. The van der Waals surface area contributed by atoms with Crippen molar-refractivity contribution in [2.24, 2.45) is 0 Å². The molecule has 0 aromatic heterocycles. The van der Waals surface area contributed by atoms with Crippen molar-refractivity contribution in [1.29, 1.82) is 0 Å². The van der Waals surface area contributed by atoms with E-state index in [1.165, 1.54) is 0 Å². The Morgan fingerprint density at radius 2 is 1.30 bits per heavy atom. The first-order valence-corrected chi connectivity index (χ1v) is 9.69. The van der Waals surface area contributed by atoms with Gasteiger partial charge in [-0.3, -0.25) is 19.4 Å². The molecule has 2 heterocycles. The van der Waals surface area contributed by atoms with E-state index in [1.807, 2.05) is 9.80 Å². The number of aliphatic carboxylic acids is 2. The summed E-state index contributed by atoms with van der Waals surface area (Å²) in [5.74, 6) is -1.58. The zero-order valence-corrected chi connectivity index (χ0v) is 17.2. The molecule has 2 aliphatic rings. The molecule has 0 spiro atoms. The van der Waals surface area contributed by atoms with Gasteiger partial charge in [-0.05, 0) is 59.2 Å². The Labute approximate surface area is 172 Å². The third-order valence-corrected chi connectivity index (χ3v) is 5.18. The Hall–Kier alpha value is -0.714. The van der Waals surface area contributed by atoms with Gasteiger partial charge in [0.25, 0.3) is 0 Å². The van der Waals surface area contributed by atoms with Gasteiger partial charge < -0.3 is 20.4 Å². The second-order valence-electron chi connectivity index (χ2n) is 7.66. The van der Waals surface area contributed by atoms with Gasteiger partial charge in [-0.25, -0.2) is 0 Å². The SMILES string of the molecule is CN1CCCN(CC(=O)O)CC2CCCC(CN(CC(=O)O)CCC1)[N-]2.[Co]. The zero-order valence-electron chi connectivity index (χ0n) is 16.2. The molecule has 2 aliphatic heterocycles. The van der Waals surface area contributed by atoms with Crippen LogP contribution in [0.25, 0.3) is 5.32 Å². The maximum Gasteiger partial charge on any atom is 0.317 e. The van der Waals surface area contributed by atoms with Crippen LogP contribution < -0.4 is 0 Å². The molecule has 2 N–H and O–H groups in total. The molecule has 159 valence electrons. The number of carbonyl (C=O) groups is 2. The van der Waals surface area contributed by atoms with Crippen molar-refractivity contribution in [1.82, 2.24) is 14.7 Å². The number of carboxylic acid groups (broad SMARTS) is 2. The molecule has 2 bridgehead atoms. The molecule has 9 heteroatoms. The summed E-state index contributed by atoms with van der Waals surface area (Å²) in [4.78, 5) is 28.6. The van der Waals surface area contributed by atoms with Crippen LogP contribution in [0.3, 0.4) is 0 Å². The van der Waals surface area contributed by atoms with Gasteiger partial charge in [0.2, 0.25) is 0 Å². The minimum absolute atomic E-state index is 0. The van der Waals surface area contributed by atoms with Gasteiger partial charge in [0.05, 0.1) is 13.1 Å². The average molecular weight is 428 g/mol. The zero-order chi connectivity index (χ0) is 18.9. The number of rotatable bonds is 4. The molecule has 2 fully saturated rings. The summed E-state index contributed by atoms with van der Waals surface area (Å²) in [6, 6.07) is 0.306. The summed E-state index contributed by atoms with van der Waals surface area (Å²) in [5, 5.41) is 23.3. The Kier molecular flexibility index (Phi) is 11.4. The molecule has 0 amide bonds. The summed E-state index contributed by atoms with van der Waals surface area (Å²) in [6.45, 7) is 4.88. The molecule has 2 unspecified atom stereocenters. The van der Waals surface area contributed by atoms with Gasteiger partial charge in [0, 0.05) is 16.8 Å². The van der Waals surface area contributed by atoms with Gasteiger partial charge in [0.15, 0.2) is 0 Å². The van der Waals surface area contributed by atoms with Crippen LogP contribution in [0.2, 0.25) is 0 Å². The van der Waals surface area contributed by atoms with E-state index >= 15 is 0 Å². The van der Waals surface area contributed by atoms with E-state index in [0.29, 0.717) is 13.1 Å². The quantitative estimate of drug-likeness (QED) is 0.683. The van der Waals surface area contributed by atoms with E-state index in [1.54, 1.807) is 0 Å². The van der Waals surface area contributed by atoms with Gasteiger partial charge in [-0.2, -0.15) is 0 Å². The largest absolute Gasteiger partial charge is 0.655 e. The summed E-state index contributed by atoms with van der Waals surface area (Å²) >= 11 is 0. The van der Waals surface area contributed by atoms with E-state index < -0.39 is 11.9 Å². The molecule has 0 aromatic carbocycles. The first-order chi connectivity index (χ1) is 12.4. The van der Waals surface area contributed by atoms with Crippen LogP contribution in [0.15, 0.2) is 0 Å². The third-order valence-electron chi connectivity index (χ3n) is 5.18. The van der Waals surface area contributed by atoms with Gasteiger partial charge in [0.1, 0.15) is 0 Å². The smallest absolute Gasteiger partial charge is 0.317 e. The van der Waals surface area contributed by atoms with Crippen molar-refractivity contribution >= 4 is 11.9 Å². The molecule has 0 aromatic rings. The fraction of sp³-hybridized carbons (Fsp3) is 0.889. The van der Waals surface area contributed by atoms with Crippen molar-refractivity contribution in [3.8, 4) is 0 Å². The topological polar surface area (TPSA) is 98.4 Å². The Bertz CT molecular complexity index is 431. The predicted molar refractivity (Wildman–Crippen MR) is 99.7 cm³/mol. The molecule has 27 heavy (non-hydrogen) atoms. The number of carboxylic acids is 2. The van der Waals surface area contributed by atoms with Crippen molar-refractivity contribution in [3.63, 3.8) is 0 Å². The standard InChI is InChI=1S/C18H33N4O4.Co/c1-20-7-3-9-21(13-17(23)24)11-15-5-2-6-16(19-15)12-22(10-4-8-20)14-18(25)26;/h15-16H,2-14H2,1H3,(H,23,24)(H,25,26);/q-1;. The van der Waals surface area contributed by atoms with Crippen LogP contribution in [0.4, 0.5) is 0 Å². The number of fused-ring (bicyclic) bond motifs is 2. The van der Waals surface area contributed by atoms with Gasteiger partial charge in [-0.15, -0.1) is 12.1 Å². The Balaban J connectivity index is 0.00000364. The minimum Gasteiger partial charge on any atom is -0.655 e. The third kappa shape index (κ3) is 9.86. The van der Waals surface area contributed by atoms with E-state index in [4.69, 9.17) is 5.32 Å². The summed E-state index contributed by atoms with van der Waals surface area (Å²) < 4.78 is 0. The number of nitrogens with zero attached hydrogens (tertiary/aromatic N) is 4. The normalized spacial score (nSPS) is 27.3. The molecule has 0 aliphatic carbocycles. The summed E-state index contributed by atoms with van der Waals surface area (Å²) in [6.07, 6.45) is 4.91. The van der Waals surface area contributed by atoms with Crippen molar-refractivity contribution in [2.45, 2.75) is 44.2 Å². The molecule has 8 nitrogen and oxygen atoms in total. The fourth-order valence-electron chi connectivity index (χ4n) is 4.00. The number of hydrogen-bond acceptors (Lipinski definition) is 5. The second-order valence-corrected chi connectivity index (χ2v) is 7.66. The van der Waals surface area contributed by atoms with E-state index in [2.05, 4.69) is 11.9 Å². The molecular formula is C18H33CoN4O4-. The van der Waals surface area contributed by atoms with E-state index in [9.17, 15) is 19.8 Å². The van der Waals surface area contributed by atoms with Crippen molar-refractivity contribution in [3.05, 3.63) is 5.32 Å². The molecule has 2 atom stereocenters. The maximum atomic E-state index is 11.2. The molecule has 0 saturated carbocycles. The number of hydrogen-bond donors (Lipinski definition) is 2. The second kappa shape index (κ2) is 12.7. The summed E-state index contributed by atoms with van der Waals surface area (Å²) in [5.41, 5.74) is 0. The van der Waals surface area contributed by atoms with Gasteiger partial charge in [-0.1, -0.05) is 19.3 Å². The van der Waals surface area contributed by atoms with Crippen LogP contribution in [-0.2, 0) is 26.4 Å². The monoisotopic (exact) mass is 428 g/mol. The summed E-state index contributed by atoms with van der Waals surface area (Å²) in [7, 11) is 2.07. The fourth-order valence-corrected chi connectivity index (χ4v) is 4.00. The van der Waals surface area contributed by atoms with Crippen LogP contribution >= 0.6 is 0 Å². The predicted octanol–water partition coefficient (Wildman–Crippen LogP) is 0.778. The molecule has 2 rings (SSSR count). The van der Waals surface area contributed by atoms with Gasteiger partial charge >= 0.3 is 11.9 Å². The van der Waals surface area contributed by atoms with Crippen LogP contribution in [0.1, 0.15) is 32.1 Å². The van der Waals surface area contributed by atoms with E-state index in [-0.39, 0.29) is 42.0 Å². The average Bonchev–Trinajstić information content (AvgIpc) is 2.53. The van der Waals surface area contributed by atoms with Crippen molar-refractivity contribution in [2.75, 3.05) is 59.4 Å². The minimum atomic E-state index is -0.792. The molecule has 2 saturated heterocycles. The maximum absolute atomic E-state index is 11.2. The molecule has 1 radical (unpaired) electrons. The van der Waals surface area contributed by atoms with Crippen LogP contribution in [0.5, 0.6) is 0 Å². The van der Waals surface area contributed by atoms with Crippen molar-refractivity contribution < 1.29 is 36.6 Å². The van der Waals surface area contributed by atoms with Crippen LogP contribution in [0, 0.1) is 0 Å². The van der Waals surface area contributed by atoms with Crippen LogP contribution in [-0.4, -0.2) is 108 Å².